The van der Waals surface area contributed by atoms with Gasteiger partial charge in [-0.25, -0.2) is 9.13 Å². The summed E-state index contributed by atoms with van der Waals surface area (Å²) in [6, 6.07) is 2.32. The van der Waals surface area contributed by atoms with E-state index in [-0.39, 0.29) is 12.1 Å². The summed E-state index contributed by atoms with van der Waals surface area (Å²) in [5.41, 5.74) is 6.65. The molecule has 0 N–H and O–H groups in total. The number of halogens is 1. The van der Waals surface area contributed by atoms with Crippen molar-refractivity contribution in [2.24, 2.45) is 7.05 Å². The highest BCUT2D eigenvalue weighted by Crippen LogP contribution is 2.37. The summed E-state index contributed by atoms with van der Waals surface area (Å²) in [4.78, 5) is 9.72. The monoisotopic (exact) mass is 717 g/mol. The lowest BCUT2D eigenvalue weighted by Gasteiger charge is -2.26. The zero-order valence-electron chi connectivity index (χ0n) is 25.8. The third-order valence-electron chi connectivity index (χ3n) is 8.25. The second-order valence-corrected chi connectivity index (χ2v) is 13.8. The fourth-order valence-electron chi connectivity index (χ4n) is 6.39. The van der Waals surface area contributed by atoms with Crippen LogP contribution in [0.1, 0.15) is 62.3 Å². The van der Waals surface area contributed by atoms with E-state index in [1.54, 1.807) is 0 Å². The van der Waals surface area contributed by atoms with Crippen molar-refractivity contribution < 1.29 is 9.47 Å². The molecule has 11 nitrogen and oxygen atoms in total. The summed E-state index contributed by atoms with van der Waals surface area (Å²) >= 11 is 2.37. The number of ether oxygens (including phenoxy) is 2. The molecule has 1 saturated heterocycles. The molecule has 6 rings (SSSR count). The van der Waals surface area contributed by atoms with Gasteiger partial charge >= 0.3 is 0 Å². The Morgan fingerprint density at radius 1 is 1.16 bits per heavy atom. The number of rotatable bonds is 6. The second-order valence-electron chi connectivity index (χ2n) is 11.7. The van der Waals surface area contributed by atoms with Crippen LogP contribution in [-0.2, 0) is 13.6 Å². The van der Waals surface area contributed by atoms with E-state index in [1.165, 1.54) is 12.8 Å². The van der Waals surface area contributed by atoms with Crippen LogP contribution in [0.4, 0.5) is 0 Å². The van der Waals surface area contributed by atoms with Crippen LogP contribution in [0, 0.1) is 6.92 Å². The molecule has 2 aliphatic heterocycles. The smallest absolute Gasteiger partial charge is 0.240 e. The molecule has 0 radical (unpaired) electrons. The van der Waals surface area contributed by atoms with Gasteiger partial charge in [0.1, 0.15) is 6.10 Å². The Hall–Kier alpha value is -2.54. The van der Waals surface area contributed by atoms with E-state index in [0.717, 1.165) is 76.9 Å². The lowest BCUT2D eigenvalue weighted by atomic mass is 10.1. The minimum absolute atomic E-state index is 0.0883. The predicted octanol–water partition coefficient (Wildman–Crippen LogP) is 5.57. The molecule has 0 spiro atoms. The van der Waals surface area contributed by atoms with Crippen molar-refractivity contribution in [3.8, 4) is 23.0 Å². The number of hydrogen-bond acceptors (Lipinski definition) is 8. The Kier molecular flexibility index (Phi) is 9.09. The molecular weight excluding hydrogens is 676 g/mol. The van der Waals surface area contributed by atoms with Crippen molar-refractivity contribution in [2.45, 2.75) is 59.2 Å². The quantitative estimate of drug-likeness (QED) is 0.189. The molecule has 3 unspecified atom stereocenters. The van der Waals surface area contributed by atoms with Crippen molar-refractivity contribution >= 4 is 51.5 Å². The molecule has 4 aromatic rings. The van der Waals surface area contributed by atoms with E-state index in [2.05, 4.69) is 75.6 Å². The summed E-state index contributed by atoms with van der Waals surface area (Å²) in [5.74, 6) is 1.39. The highest BCUT2D eigenvalue weighted by Gasteiger charge is 2.26. The maximum absolute atomic E-state index is 6.61. The number of hydrogen-bond donors (Lipinski definition) is 0. The van der Waals surface area contributed by atoms with Gasteiger partial charge in [-0.15, -0.1) is 5.10 Å². The van der Waals surface area contributed by atoms with Crippen LogP contribution >= 0.6 is 28.4 Å². The second kappa shape index (κ2) is 12.8. The van der Waals surface area contributed by atoms with Crippen molar-refractivity contribution in [2.75, 3.05) is 39.8 Å². The van der Waals surface area contributed by atoms with Crippen LogP contribution in [0.25, 0.3) is 34.3 Å². The summed E-state index contributed by atoms with van der Waals surface area (Å²) in [5, 5.41) is 15.8. The first-order valence-electron chi connectivity index (χ1n) is 15.1. The lowest BCUT2D eigenvalue weighted by Crippen LogP contribution is -2.33. The van der Waals surface area contributed by atoms with Crippen molar-refractivity contribution in [3.05, 3.63) is 34.9 Å². The molecule has 0 aliphatic carbocycles. The van der Waals surface area contributed by atoms with Gasteiger partial charge in [0.15, 0.2) is 0 Å². The fraction of sp³-hybridized carbons (Fsp3) is 0.533. The topological polar surface area (TPSA) is 91.3 Å². The maximum atomic E-state index is 6.61. The van der Waals surface area contributed by atoms with Crippen LogP contribution in [0.5, 0.6) is 11.8 Å². The highest BCUT2D eigenvalue weighted by molar-refractivity contribution is 14.2. The van der Waals surface area contributed by atoms with Crippen LogP contribution < -0.4 is 9.47 Å². The summed E-state index contributed by atoms with van der Waals surface area (Å²) in [6.45, 7) is 13.6. The van der Waals surface area contributed by atoms with Crippen LogP contribution in [0.3, 0.4) is 0 Å². The minimum atomic E-state index is -0.0883. The van der Waals surface area contributed by atoms with Gasteiger partial charge in [-0.05, 0) is 101 Å². The zero-order chi connectivity index (χ0) is 30.2. The van der Waals surface area contributed by atoms with Gasteiger partial charge in [0.05, 0.1) is 64.6 Å². The molecule has 0 amide bonds. The Bertz CT molecular complexity index is 1640. The number of fused-ring (bicyclic) bond motifs is 4. The number of aryl methyl sites for hydroxylation is 2. The minimum Gasteiger partial charge on any atom is -0.476 e. The fourth-order valence-corrected chi connectivity index (χ4v) is 7.90. The van der Waals surface area contributed by atoms with E-state index in [1.807, 2.05) is 36.2 Å². The number of pyridine rings is 1. The molecule has 1 fully saturated rings. The Labute approximate surface area is 267 Å². The zero-order valence-corrected chi connectivity index (χ0v) is 29.0. The third kappa shape index (κ3) is 6.08. The molecule has 0 aromatic carbocycles. The van der Waals surface area contributed by atoms with Crippen LogP contribution in [-0.4, -0.2) is 89.8 Å². The van der Waals surface area contributed by atoms with E-state index in [4.69, 9.17) is 29.8 Å². The molecular formula is C30H41IN9O2P. The van der Waals surface area contributed by atoms with Crippen molar-refractivity contribution in [1.29, 1.82) is 0 Å². The first-order chi connectivity index (χ1) is 20.8. The van der Waals surface area contributed by atoms with Crippen molar-refractivity contribution in [3.63, 3.8) is 0 Å². The predicted molar refractivity (Wildman–Crippen MR) is 181 cm³/mol. The normalized spacial score (nSPS) is 19.8. The van der Waals surface area contributed by atoms with E-state index in [0.29, 0.717) is 25.4 Å². The molecule has 43 heavy (non-hydrogen) atoms. The van der Waals surface area contributed by atoms with E-state index < -0.39 is 0 Å². The average molecular weight is 718 g/mol. The number of likely N-dealkylation sites (N-methyl/N-ethyl adjacent to an activating group) is 1. The van der Waals surface area contributed by atoms with E-state index >= 15 is 0 Å². The van der Waals surface area contributed by atoms with E-state index in [9.17, 15) is 0 Å². The van der Waals surface area contributed by atoms with Gasteiger partial charge in [0, 0.05) is 32.1 Å². The summed E-state index contributed by atoms with van der Waals surface area (Å²) in [6.07, 6.45) is 9.06. The van der Waals surface area contributed by atoms with Gasteiger partial charge < -0.3 is 14.4 Å². The maximum Gasteiger partial charge on any atom is 0.240 e. The molecule has 4 aromatic heterocycles. The Morgan fingerprint density at radius 3 is 2.70 bits per heavy atom. The molecule has 0 saturated carbocycles. The molecule has 6 heterocycles. The van der Waals surface area contributed by atoms with Gasteiger partial charge in [-0.1, -0.05) is 0 Å². The van der Waals surface area contributed by atoms with Gasteiger partial charge in [0.2, 0.25) is 11.8 Å². The highest BCUT2D eigenvalue weighted by atomic mass is 127. The Morgan fingerprint density at radius 2 is 1.95 bits per heavy atom. The van der Waals surface area contributed by atoms with Gasteiger partial charge in [-0.2, -0.15) is 10.2 Å². The third-order valence-corrected chi connectivity index (χ3v) is 10.1. The standard InChI is InChI=1S/C30H41IN9O2P/c1-7-41-29-22-10-11-24-23-14-25(32-15-26(23)40(34-24)43-31)28-21(4)33-37(6)30(28)42-20(3)17-36(5)18-27(22)39(35-29)19(2)16-38-12-8-9-13-38/h10-11,14-15,19-20,43H,7-9,12-13,16-18H2,1-6H3/b11-10+. The Balaban J connectivity index is 1.52. The van der Waals surface area contributed by atoms with Gasteiger partial charge in [0.25, 0.3) is 0 Å². The molecule has 13 heteroatoms. The number of aromatic nitrogens is 7. The van der Waals surface area contributed by atoms with Crippen LogP contribution in [0.2, 0.25) is 0 Å². The lowest BCUT2D eigenvalue weighted by molar-refractivity contribution is 0.146. The average Bonchev–Trinajstić information content (AvgIpc) is 3.73. The first kappa shape index (κ1) is 30.5. The summed E-state index contributed by atoms with van der Waals surface area (Å²) < 4.78 is 18.8. The molecule has 2 aliphatic rings. The molecule has 2 bridgehead atoms. The van der Waals surface area contributed by atoms with Gasteiger partial charge in [-0.3, -0.25) is 14.6 Å². The molecule has 230 valence electrons. The summed E-state index contributed by atoms with van der Waals surface area (Å²) in [7, 11) is 4.07. The number of likely N-dealkylation sites (tertiary alicyclic amines) is 1. The van der Waals surface area contributed by atoms with Crippen molar-refractivity contribution in [1.82, 2.24) is 43.9 Å². The largest absolute Gasteiger partial charge is 0.476 e. The SMILES string of the molecule is CCOc1nn(C(C)CN2CCCC2)c2c1/C=C/c1nn(PI)c3cnc(cc13)-c1c(C)nn(C)c1OC(C)CN(C)C2. The first-order valence-corrected chi connectivity index (χ1v) is 19.1. The number of nitrogens with zero attached hydrogens (tertiary/aromatic N) is 9. The molecule has 3 atom stereocenters. The van der Waals surface area contributed by atoms with Crippen LogP contribution in [0.15, 0.2) is 12.3 Å².